The Bertz CT molecular complexity index is 1560. The van der Waals surface area contributed by atoms with Crippen LogP contribution in [0.4, 0.5) is 5.69 Å². The molecular weight excluding hydrogens is 478 g/mol. The van der Waals surface area contributed by atoms with E-state index >= 15 is 0 Å². The second-order valence-electron chi connectivity index (χ2n) is 8.55. The molecule has 188 valence electrons. The predicted molar refractivity (Wildman–Crippen MR) is 144 cm³/mol. The fourth-order valence-corrected chi connectivity index (χ4v) is 4.10. The Kier molecular flexibility index (Phi) is 7.60. The molecule has 8 heteroatoms. The number of rotatable bonds is 7. The van der Waals surface area contributed by atoms with Crippen LogP contribution in [0.3, 0.4) is 0 Å². The number of ether oxygens (including phenoxy) is 1. The van der Waals surface area contributed by atoms with Crippen molar-refractivity contribution in [3.63, 3.8) is 0 Å². The number of hydrogen-bond acceptors (Lipinski definition) is 6. The maximum atomic E-state index is 11.6. The van der Waals surface area contributed by atoms with Crippen LogP contribution in [-0.4, -0.2) is 37.6 Å². The summed E-state index contributed by atoms with van der Waals surface area (Å²) in [5.41, 5.74) is 4.53. The summed E-state index contributed by atoms with van der Waals surface area (Å²) < 4.78 is 8.92. The van der Waals surface area contributed by atoms with Crippen molar-refractivity contribution in [1.29, 1.82) is 0 Å². The van der Waals surface area contributed by atoms with Crippen LogP contribution in [0, 0.1) is 0 Å². The molecule has 1 aliphatic rings. The zero-order valence-electron chi connectivity index (χ0n) is 20.6. The number of esters is 1. The van der Waals surface area contributed by atoms with Crippen molar-refractivity contribution in [3.05, 3.63) is 138 Å². The average molecular weight is 504 g/mol. The van der Waals surface area contributed by atoms with E-state index in [1.165, 1.54) is 5.56 Å². The number of aromatic nitrogens is 4. The zero-order chi connectivity index (χ0) is 26.2. The van der Waals surface area contributed by atoms with Crippen molar-refractivity contribution in [2.24, 2.45) is 4.99 Å². The Morgan fingerprint density at radius 2 is 1.39 bits per heavy atom. The minimum atomic E-state index is -0.285. The van der Waals surface area contributed by atoms with Gasteiger partial charge in [0.1, 0.15) is 6.61 Å². The van der Waals surface area contributed by atoms with E-state index in [4.69, 9.17) is 4.74 Å². The lowest BCUT2D eigenvalue weighted by atomic mass is 10.1. The van der Waals surface area contributed by atoms with Gasteiger partial charge in [-0.15, -0.1) is 0 Å². The first-order chi connectivity index (χ1) is 18.7. The molecule has 3 heterocycles. The summed E-state index contributed by atoms with van der Waals surface area (Å²) in [6, 6.07) is 25.6. The molecule has 6 rings (SSSR count). The van der Waals surface area contributed by atoms with E-state index in [0.717, 1.165) is 35.5 Å². The first-order valence-electron chi connectivity index (χ1n) is 12.1. The van der Waals surface area contributed by atoms with Crippen LogP contribution < -0.4 is 0 Å². The molecular formula is C30H25N5O3. The summed E-state index contributed by atoms with van der Waals surface area (Å²) in [5.74, 6) is 0.947. The van der Waals surface area contributed by atoms with E-state index in [1.54, 1.807) is 30.9 Å². The lowest BCUT2D eigenvalue weighted by Crippen LogP contribution is -2.03. The lowest BCUT2D eigenvalue weighted by molar-refractivity contribution is 0.0535. The van der Waals surface area contributed by atoms with Crippen LogP contribution in [0.15, 0.2) is 109 Å². The van der Waals surface area contributed by atoms with E-state index in [1.807, 2.05) is 76.0 Å². The number of cyclic esters (lactones) is 1. The SMILES string of the molecule is O=C1OCc2c(N=Cc3nccn3Cc3ccccc3)cccc21.O=Cc1nccn1Cc1ccccc1. The van der Waals surface area contributed by atoms with Crippen LogP contribution in [0.5, 0.6) is 0 Å². The monoisotopic (exact) mass is 503 g/mol. The molecule has 0 fully saturated rings. The molecule has 2 aromatic heterocycles. The summed E-state index contributed by atoms with van der Waals surface area (Å²) in [6.45, 7) is 1.70. The number of hydrogen-bond donors (Lipinski definition) is 0. The normalized spacial score (nSPS) is 12.1. The van der Waals surface area contributed by atoms with E-state index in [2.05, 4.69) is 27.1 Å². The molecule has 5 aromatic rings. The summed E-state index contributed by atoms with van der Waals surface area (Å²) in [6.07, 6.45) is 9.61. The molecule has 3 aromatic carbocycles. The van der Waals surface area contributed by atoms with Gasteiger partial charge < -0.3 is 13.9 Å². The molecule has 8 nitrogen and oxygen atoms in total. The van der Waals surface area contributed by atoms with Gasteiger partial charge in [0.25, 0.3) is 0 Å². The number of fused-ring (bicyclic) bond motifs is 1. The van der Waals surface area contributed by atoms with E-state index in [9.17, 15) is 9.59 Å². The molecule has 0 radical (unpaired) electrons. The van der Waals surface area contributed by atoms with Crippen LogP contribution in [-0.2, 0) is 24.4 Å². The summed E-state index contributed by atoms with van der Waals surface area (Å²) >= 11 is 0. The van der Waals surface area contributed by atoms with E-state index in [-0.39, 0.29) is 12.6 Å². The predicted octanol–water partition coefficient (Wildman–Crippen LogP) is 5.10. The molecule has 0 N–H and O–H groups in total. The van der Waals surface area contributed by atoms with Gasteiger partial charge in [0.15, 0.2) is 17.9 Å². The largest absolute Gasteiger partial charge is 0.457 e. The average Bonchev–Trinajstić information content (AvgIpc) is 3.70. The van der Waals surface area contributed by atoms with Crippen molar-refractivity contribution in [3.8, 4) is 0 Å². The van der Waals surface area contributed by atoms with Gasteiger partial charge in [0.2, 0.25) is 0 Å². The fourth-order valence-electron chi connectivity index (χ4n) is 4.10. The van der Waals surface area contributed by atoms with Gasteiger partial charge in [-0.3, -0.25) is 9.79 Å². The molecule has 0 saturated carbocycles. The summed E-state index contributed by atoms with van der Waals surface area (Å²) in [7, 11) is 0. The lowest BCUT2D eigenvalue weighted by Gasteiger charge is -2.05. The number of carbonyl (C=O) groups is 2. The number of aldehydes is 1. The maximum absolute atomic E-state index is 11.6. The Hall–Kier alpha value is -5.11. The van der Waals surface area contributed by atoms with Crippen molar-refractivity contribution in [2.45, 2.75) is 19.7 Å². The highest BCUT2D eigenvalue weighted by Gasteiger charge is 2.23. The molecule has 0 spiro atoms. The van der Waals surface area contributed by atoms with Crippen LogP contribution in [0.25, 0.3) is 0 Å². The number of nitrogens with zero attached hydrogens (tertiary/aromatic N) is 5. The molecule has 0 aliphatic carbocycles. The van der Waals surface area contributed by atoms with Gasteiger partial charge in [-0.1, -0.05) is 66.7 Å². The van der Waals surface area contributed by atoms with Crippen LogP contribution >= 0.6 is 0 Å². The van der Waals surface area contributed by atoms with Crippen molar-refractivity contribution >= 4 is 24.2 Å². The number of aliphatic imine (C=N–C) groups is 1. The summed E-state index contributed by atoms with van der Waals surface area (Å²) in [5, 5.41) is 0. The number of benzene rings is 3. The minimum Gasteiger partial charge on any atom is -0.457 e. The van der Waals surface area contributed by atoms with Gasteiger partial charge in [-0.2, -0.15) is 0 Å². The highest BCUT2D eigenvalue weighted by Crippen LogP contribution is 2.29. The zero-order valence-corrected chi connectivity index (χ0v) is 20.6. The molecule has 0 atom stereocenters. The summed E-state index contributed by atoms with van der Waals surface area (Å²) in [4.78, 5) is 35.0. The van der Waals surface area contributed by atoms with Gasteiger partial charge in [0.05, 0.1) is 17.5 Å². The minimum absolute atomic E-state index is 0.278. The standard InChI is InChI=1S/C19H15N3O2.C11H10N2O/c23-19-15-7-4-8-17(16(15)13-24-19)21-11-18-20-9-10-22(18)12-14-5-2-1-3-6-14;14-9-11-12-6-7-13(11)8-10-4-2-1-3-5-10/h1-11H,12-13H2;1-7,9H,8H2. The second kappa shape index (κ2) is 11.7. The fraction of sp³-hybridized carbons (Fsp3) is 0.100. The maximum Gasteiger partial charge on any atom is 0.338 e. The van der Waals surface area contributed by atoms with Crippen molar-refractivity contribution in [1.82, 2.24) is 19.1 Å². The first-order valence-corrected chi connectivity index (χ1v) is 12.1. The highest BCUT2D eigenvalue weighted by atomic mass is 16.5. The number of imidazole rings is 2. The number of carbonyl (C=O) groups excluding carboxylic acids is 2. The van der Waals surface area contributed by atoms with Gasteiger partial charge in [0, 0.05) is 43.4 Å². The van der Waals surface area contributed by atoms with E-state index in [0.29, 0.717) is 17.9 Å². The third-order valence-electron chi connectivity index (χ3n) is 6.03. The molecule has 1 aliphatic heterocycles. The smallest absolute Gasteiger partial charge is 0.338 e. The first kappa shape index (κ1) is 24.6. The van der Waals surface area contributed by atoms with Crippen LogP contribution in [0.1, 0.15) is 43.5 Å². The van der Waals surface area contributed by atoms with Crippen molar-refractivity contribution in [2.75, 3.05) is 0 Å². The molecule has 38 heavy (non-hydrogen) atoms. The van der Waals surface area contributed by atoms with Gasteiger partial charge >= 0.3 is 5.97 Å². The van der Waals surface area contributed by atoms with Crippen LogP contribution in [0.2, 0.25) is 0 Å². The molecule has 0 amide bonds. The third-order valence-corrected chi connectivity index (χ3v) is 6.03. The Balaban J connectivity index is 0.000000179. The topological polar surface area (TPSA) is 91.4 Å². The molecule has 0 bridgehead atoms. The Morgan fingerprint density at radius 1 is 0.789 bits per heavy atom. The van der Waals surface area contributed by atoms with E-state index < -0.39 is 0 Å². The molecule has 0 unspecified atom stereocenters. The van der Waals surface area contributed by atoms with Gasteiger partial charge in [-0.05, 0) is 23.3 Å². The van der Waals surface area contributed by atoms with Crippen molar-refractivity contribution < 1.29 is 14.3 Å². The quantitative estimate of drug-likeness (QED) is 0.175. The Morgan fingerprint density at radius 3 is 2.03 bits per heavy atom. The third kappa shape index (κ3) is 5.82. The van der Waals surface area contributed by atoms with Gasteiger partial charge in [-0.25, -0.2) is 14.8 Å². The second-order valence-corrected chi connectivity index (χ2v) is 8.55. The highest BCUT2D eigenvalue weighted by molar-refractivity contribution is 5.95. The molecule has 0 saturated heterocycles. The Labute approximate surface area is 219 Å².